The van der Waals surface area contributed by atoms with Crippen LogP contribution in [0.5, 0.6) is 0 Å². The smallest absolute Gasteiger partial charge is 0.454 e. The van der Waals surface area contributed by atoms with Gasteiger partial charge in [0.05, 0.1) is 0 Å². The minimum atomic E-state index is -4.92. The molecule has 0 aromatic carbocycles. The zero-order valence-corrected chi connectivity index (χ0v) is 7.21. The van der Waals surface area contributed by atoms with Crippen molar-refractivity contribution in [3.63, 3.8) is 0 Å². The van der Waals surface area contributed by atoms with E-state index in [2.05, 4.69) is 0 Å². The first-order chi connectivity index (χ1) is 6.23. The third-order valence-corrected chi connectivity index (χ3v) is 1.14. The highest BCUT2D eigenvalue weighted by Gasteiger charge is 2.36. The normalized spacial score (nSPS) is 11.7. The fourth-order valence-electron chi connectivity index (χ4n) is 0.555. The maximum Gasteiger partial charge on any atom is 0.454 e. The Morgan fingerprint density at radius 2 is 1.93 bits per heavy atom. The Morgan fingerprint density at radius 3 is 2.29 bits per heavy atom. The van der Waals surface area contributed by atoms with E-state index < -0.39 is 24.5 Å². The second kappa shape index (κ2) is 4.64. The summed E-state index contributed by atoms with van der Waals surface area (Å²) in [6.45, 7) is -0.471. The lowest BCUT2D eigenvalue weighted by atomic mass is 10.4. The summed E-state index contributed by atoms with van der Waals surface area (Å²) in [5.74, 6) is -3.22. The van der Waals surface area contributed by atoms with Crippen molar-refractivity contribution in [3.05, 3.63) is 12.3 Å². The molecule has 0 aliphatic carbocycles. The number of rotatable bonds is 4. The average molecular weight is 211 g/mol. The summed E-state index contributed by atoms with van der Waals surface area (Å²) in [5.41, 5.74) is 0. The molecule has 0 heterocycles. The first kappa shape index (κ1) is 12.5. The molecule has 4 nitrogen and oxygen atoms in total. The molecular weight excluding hydrogens is 203 g/mol. The predicted molar refractivity (Wildman–Crippen MR) is 40.5 cm³/mol. The fourth-order valence-corrected chi connectivity index (χ4v) is 0.555. The van der Waals surface area contributed by atoms with Crippen LogP contribution in [0.3, 0.4) is 0 Å². The zero-order valence-electron chi connectivity index (χ0n) is 7.21. The van der Waals surface area contributed by atoms with Crippen LogP contribution < -0.4 is 0 Å². The van der Waals surface area contributed by atoms with Gasteiger partial charge in [0.25, 0.3) is 5.78 Å². The van der Waals surface area contributed by atoms with Gasteiger partial charge in [0.15, 0.2) is 0 Å². The van der Waals surface area contributed by atoms with E-state index in [4.69, 9.17) is 5.11 Å². The van der Waals surface area contributed by atoms with E-state index in [0.717, 1.165) is 11.1 Å². The van der Waals surface area contributed by atoms with Crippen LogP contribution in [0.25, 0.3) is 0 Å². The van der Waals surface area contributed by atoms with E-state index in [1.54, 1.807) is 0 Å². The van der Waals surface area contributed by atoms with Crippen LogP contribution in [0, 0.1) is 0 Å². The molecule has 0 bridgehead atoms. The van der Waals surface area contributed by atoms with Gasteiger partial charge in [-0.1, -0.05) is 0 Å². The van der Waals surface area contributed by atoms with Gasteiger partial charge < -0.3 is 10.0 Å². The molecule has 0 atom stereocenters. The van der Waals surface area contributed by atoms with Crippen molar-refractivity contribution in [1.82, 2.24) is 4.90 Å². The molecule has 0 aromatic rings. The predicted octanol–water partition coefficient (Wildman–Crippen LogP) is 0.648. The van der Waals surface area contributed by atoms with Crippen LogP contribution in [-0.4, -0.2) is 41.5 Å². The van der Waals surface area contributed by atoms with E-state index in [-0.39, 0.29) is 6.08 Å². The molecule has 14 heavy (non-hydrogen) atoms. The van der Waals surface area contributed by atoms with E-state index in [1.165, 1.54) is 7.05 Å². The first-order valence-electron chi connectivity index (χ1n) is 3.45. The quantitative estimate of drug-likeness (QED) is 0.693. The molecule has 0 aliphatic rings. The highest BCUT2D eigenvalue weighted by atomic mass is 19.4. The number of ketones is 1. The van der Waals surface area contributed by atoms with Crippen LogP contribution in [0.15, 0.2) is 12.3 Å². The summed E-state index contributed by atoms with van der Waals surface area (Å²) in [4.78, 5) is 21.3. The fraction of sp³-hybridized carbons (Fsp3) is 0.429. The number of carbonyl (C=O) groups excluding carboxylic acids is 1. The molecule has 80 valence electrons. The summed E-state index contributed by atoms with van der Waals surface area (Å²) in [6.07, 6.45) is -3.87. The van der Waals surface area contributed by atoms with Crippen LogP contribution >= 0.6 is 0 Å². The van der Waals surface area contributed by atoms with E-state index in [9.17, 15) is 22.8 Å². The molecule has 0 saturated heterocycles. The van der Waals surface area contributed by atoms with Crippen molar-refractivity contribution in [1.29, 1.82) is 0 Å². The Hall–Kier alpha value is -1.53. The third-order valence-electron chi connectivity index (χ3n) is 1.14. The van der Waals surface area contributed by atoms with Gasteiger partial charge in [-0.2, -0.15) is 13.2 Å². The van der Waals surface area contributed by atoms with E-state index in [1.807, 2.05) is 0 Å². The Morgan fingerprint density at radius 1 is 1.43 bits per heavy atom. The number of carboxylic acid groups (broad SMARTS) is 1. The van der Waals surface area contributed by atoms with Crippen LogP contribution in [0.2, 0.25) is 0 Å². The number of hydrogen-bond acceptors (Lipinski definition) is 3. The highest BCUT2D eigenvalue weighted by Crippen LogP contribution is 2.16. The zero-order chi connectivity index (χ0) is 11.4. The Bertz CT molecular complexity index is 259. The summed E-state index contributed by atoms with van der Waals surface area (Å²) in [5, 5.41) is 8.23. The van der Waals surface area contributed by atoms with Gasteiger partial charge in [-0.15, -0.1) is 0 Å². The Labute approximate surface area is 77.6 Å². The molecule has 0 saturated carbocycles. The average Bonchev–Trinajstić information content (AvgIpc) is 1.96. The number of aliphatic carboxylic acids is 1. The minimum Gasteiger partial charge on any atom is -0.480 e. The lowest BCUT2D eigenvalue weighted by Gasteiger charge is -2.09. The lowest BCUT2D eigenvalue weighted by Crippen LogP contribution is -2.23. The van der Waals surface area contributed by atoms with Crippen molar-refractivity contribution in [2.24, 2.45) is 0 Å². The Kier molecular flexibility index (Phi) is 4.13. The molecule has 0 amide bonds. The first-order valence-corrected chi connectivity index (χ1v) is 3.45. The molecule has 0 spiro atoms. The summed E-state index contributed by atoms with van der Waals surface area (Å²) in [7, 11) is 1.24. The molecule has 0 radical (unpaired) electrons. The number of likely N-dealkylation sites (N-methyl/N-ethyl adjacent to an activating group) is 1. The van der Waals surface area contributed by atoms with Crippen molar-refractivity contribution in [2.45, 2.75) is 6.18 Å². The largest absolute Gasteiger partial charge is 0.480 e. The molecule has 0 rings (SSSR count). The number of carboxylic acids is 1. The molecule has 0 fully saturated rings. The van der Waals surface area contributed by atoms with Crippen LogP contribution in [0.4, 0.5) is 13.2 Å². The summed E-state index contributed by atoms with van der Waals surface area (Å²) < 4.78 is 34.9. The van der Waals surface area contributed by atoms with Crippen LogP contribution in [0.1, 0.15) is 0 Å². The topological polar surface area (TPSA) is 57.6 Å². The van der Waals surface area contributed by atoms with Gasteiger partial charge in [0, 0.05) is 19.3 Å². The van der Waals surface area contributed by atoms with Crippen molar-refractivity contribution in [2.75, 3.05) is 13.6 Å². The monoisotopic (exact) mass is 211 g/mol. The van der Waals surface area contributed by atoms with Gasteiger partial charge in [0.2, 0.25) is 0 Å². The van der Waals surface area contributed by atoms with E-state index >= 15 is 0 Å². The van der Waals surface area contributed by atoms with Gasteiger partial charge >= 0.3 is 12.1 Å². The van der Waals surface area contributed by atoms with Crippen molar-refractivity contribution < 1.29 is 27.9 Å². The van der Waals surface area contributed by atoms with Gasteiger partial charge in [-0.25, -0.2) is 0 Å². The highest BCUT2D eigenvalue weighted by molar-refractivity contribution is 5.94. The second-order valence-corrected chi connectivity index (χ2v) is 2.49. The van der Waals surface area contributed by atoms with Gasteiger partial charge in [-0.3, -0.25) is 9.59 Å². The number of halogens is 3. The van der Waals surface area contributed by atoms with Gasteiger partial charge in [0.1, 0.15) is 6.54 Å². The third kappa shape index (κ3) is 5.18. The lowest BCUT2D eigenvalue weighted by molar-refractivity contribution is -0.165. The number of allylic oxidation sites excluding steroid dienone is 1. The van der Waals surface area contributed by atoms with Crippen LogP contribution in [-0.2, 0) is 9.59 Å². The standard InChI is InChI=1S/C7H8F3NO3/c1-11(4-6(13)14)3-2-5(12)7(8,9)10/h2-3H,4H2,1H3,(H,13,14)/b3-2+. The molecule has 7 heteroatoms. The van der Waals surface area contributed by atoms with Crippen molar-refractivity contribution >= 4 is 11.8 Å². The summed E-state index contributed by atoms with van der Waals surface area (Å²) in [6, 6.07) is 0. The number of alkyl halides is 3. The second-order valence-electron chi connectivity index (χ2n) is 2.49. The maximum absolute atomic E-state index is 11.6. The number of hydrogen-bond donors (Lipinski definition) is 1. The maximum atomic E-state index is 11.6. The number of nitrogens with zero attached hydrogens (tertiary/aromatic N) is 1. The Balaban J connectivity index is 4.18. The van der Waals surface area contributed by atoms with Gasteiger partial charge in [-0.05, 0) is 0 Å². The van der Waals surface area contributed by atoms with Crippen molar-refractivity contribution in [3.8, 4) is 0 Å². The molecule has 0 unspecified atom stereocenters. The SMILES string of the molecule is CN(/C=C/C(=O)C(F)(F)F)CC(=O)O. The van der Waals surface area contributed by atoms with E-state index in [0.29, 0.717) is 0 Å². The number of carbonyl (C=O) groups is 2. The molecule has 0 aromatic heterocycles. The summed E-state index contributed by atoms with van der Waals surface area (Å²) >= 11 is 0. The minimum absolute atomic E-state index is 0.281. The molecule has 1 N–H and O–H groups in total. The molecular formula is C7H8F3NO3. The molecule has 0 aliphatic heterocycles.